The van der Waals surface area contributed by atoms with Gasteiger partial charge in [-0.2, -0.15) is 0 Å². The summed E-state index contributed by atoms with van der Waals surface area (Å²) in [5.41, 5.74) is 0.731. The highest BCUT2D eigenvalue weighted by molar-refractivity contribution is 5.22. The Labute approximate surface area is 135 Å². The average molecular weight is 304 g/mol. The van der Waals surface area contributed by atoms with Gasteiger partial charge in [-0.25, -0.2) is 0 Å². The SMILES string of the molecule is CC=C[C@]1(C)O[C@H]2C[C@@]34C[C@H](C(C)(C)[C@@H]3CC[C@H]4C)[C@@]2(C)O1. The number of rotatable bonds is 1. The zero-order chi connectivity index (χ0) is 16.0. The fourth-order valence-corrected chi connectivity index (χ4v) is 7.23. The molecule has 0 amide bonds. The minimum atomic E-state index is -0.539. The normalized spacial score (nSPS) is 59.0. The van der Waals surface area contributed by atoms with Crippen molar-refractivity contribution in [2.75, 3.05) is 0 Å². The molecule has 1 heterocycles. The molecule has 22 heavy (non-hydrogen) atoms. The van der Waals surface area contributed by atoms with Crippen LogP contribution in [-0.2, 0) is 9.47 Å². The maximum Gasteiger partial charge on any atom is 0.186 e. The molecule has 0 aromatic heterocycles. The van der Waals surface area contributed by atoms with E-state index < -0.39 is 5.79 Å². The van der Waals surface area contributed by atoms with Crippen LogP contribution in [0.3, 0.4) is 0 Å². The van der Waals surface area contributed by atoms with Crippen molar-refractivity contribution in [3.63, 3.8) is 0 Å². The summed E-state index contributed by atoms with van der Waals surface area (Å²) in [5.74, 6) is 1.76. The van der Waals surface area contributed by atoms with Crippen LogP contribution in [0.4, 0.5) is 0 Å². The average Bonchev–Trinajstić information content (AvgIpc) is 2.92. The molecule has 1 saturated heterocycles. The topological polar surface area (TPSA) is 18.5 Å². The quantitative estimate of drug-likeness (QED) is 0.639. The number of hydrogen-bond acceptors (Lipinski definition) is 2. The second kappa shape index (κ2) is 4.19. The van der Waals surface area contributed by atoms with Crippen molar-refractivity contribution < 1.29 is 9.47 Å². The van der Waals surface area contributed by atoms with Gasteiger partial charge in [0, 0.05) is 0 Å². The standard InChI is InChI=1S/C20H32O2/c1-7-10-18(5)21-16-12-20-11-15(19(16,6)22-18)17(3,4)14(20)9-8-13(20)2/h7,10,13-16H,8-9,11-12H2,1-6H3/t13-,14+,15-,16+,18-,19-,20-/m1/s1. The van der Waals surface area contributed by atoms with Crippen molar-refractivity contribution in [3.8, 4) is 0 Å². The van der Waals surface area contributed by atoms with Gasteiger partial charge >= 0.3 is 0 Å². The van der Waals surface area contributed by atoms with Gasteiger partial charge in [-0.05, 0) is 81.1 Å². The molecule has 124 valence electrons. The summed E-state index contributed by atoms with van der Waals surface area (Å²) >= 11 is 0. The minimum absolute atomic E-state index is 0.132. The fourth-order valence-electron chi connectivity index (χ4n) is 7.23. The smallest absolute Gasteiger partial charge is 0.186 e. The molecule has 4 aliphatic rings. The number of allylic oxidation sites excluding steroid dienone is 1. The highest BCUT2D eigenvalue weighted by Gasteiger charge is 2.74. The molecule has 2 heteroatoms. The van der Waals surface area contributed by atoms with Crippen LogP contribution < -0.4 is 0 Å². The van der Waals surface area contributed by atoms with Crippen LogP contribution >= 0.6 is 0 Å². The largest absolute Gasteiger partial charge is 0.340 e. The maximum atomic E-state index is 6.63. The molecule has 3 saturated carbocycles. The molecule has 1 spiro atoms. The van der Waals surface area contributed by atoms with Crippen molar-refractivity contribution in [3.05, 3.63) is 12.2 Å². The lowest BCUT2D eigenvalue weighted by Crippen LogP contribution is -2.52. The van der Waals surface area contributed by atoms with Crippen LogP contribution in [0.25, 0.3) is 0 Å². The first-order valence-corrected chi connectivity index (χ1v) is 9.20. The monoisotopic (exact) mass is 304 g/mol. The van der Waals surface area contributed by atoms with E-state index in [1.165, 1.54) is 25.7 Å². The minimum Gasteiger partial charge on any atom is -0.340 e. The van der Waals surface area contributed by atoms with Crippen molar-refractivity contribution in [2.24, 2.45) is 28.6 Å². The van der Waals surface area contributed by atoms with E-state index >= 15 is 0 Å². The van der Waals surface area contributed by atoms with E-state index in [1.54, 1.807) is 0 Å². The third-order valence-electron chi connectivity index (χ3n) is 8.11. The second-order valence-electron chi connectivity index (χ2n) is 9.45. The molecule has 0 unspecified atom stereocenters. The van der Waals surface area contributed by atoms with Crippen LogP contribution in [0.1, 0.15) is 67.2 Å². The second-order valence-corrected chi connectivity index (χ2v) is 9.45. The Morgan fingerprint density at radius 3 is 2.41 bits per heavy atom. The molecule has 4 fully saturated rings. The molecule has 4 rings (SSSR count). The predicted molar refractivity (Wildman–Crippen MR) is 88.4 cm³/mol. The van der Waals surface area contributed by atoms with E-state index in [2.05, 4.69) is 46.8 Å². The summed E-state index contributed by atoms with van der Waals surface area (Å²) in [6.45, 7) is 14.0. The van der Waals surface area contributed by atoms with Gasteiger partial charge in [0.25, 0.3) is 0 Å². The van der Waals surface area contributed by atoms with Crippen LogP contribution in [0.2, 0.25) is 0 Å². The summed E-state index contributed by atoms with van der Waals surface area (Å²) in [4.78, 5) is 0. The Kier molecular flexibility index (Phi) is 2.89. The number of fused-ring (bicyclic) bond motifs is 3. The number of ether oxygens (including phenoxy) is 2. The van der Waals surface area contributed by atoms with Crippen molar-refractivity contribution in [1.29, 1.82) is 0 Å². The molecular weight excluding hydrogens is 272 g/mol. The Morgan fingerprint density at radius 1 is 1.00 bits per heavy atom. The van der Waals surface area contributed by atoms with Gasteiger partial charge in [-0.3, -0.25) is 0 Å². The van der Waals surface area contributed by atoms with Crippen LogP contribution in [0.5, 0.6) is 0 Å². The van der Waals surface area contributed by atoms with Crippen LogP contribution in [0, 0.1) is 28.6 Å². The highest BCUT2D eigenvalue weighted by Crippen LogP contribution is 2.75. The third kappa shape index (κ3) is 1.59. The predicted octanol–water partition coefficient (Wildman–Crippen LogP) is 4.94. The summed E-state index contributed by atoms with van der Waals surface area (Å²) in [7, 11) is 0. The Hall–Kier alpha value is -0.340. The molecule has 2 nitrogen and oxygen atoms in total. The molecule has 0 N–H and O–H groups in total. The third-order valence-corrected chi connectivity index (χ3v) is 8.11. The van der Waals surface area contributed by atoms with Gasteiger partial charge in [-0.1, -0.05) is 26.8 Å². The van der Waals surface area contributed by atoms with Gasteiger partial charge < -0.3 is 9.47 Å². The van der Waals surface area contributed by atoms with E-state index in [4.69, 9.17) is 9.47 Å². The lowest BCUT2D eigenvalue weighted by atomic mass is 9.63. The van der Waals surface area contributed by atoms with Crippen LogP contribution in [-0.4, -0.2) is 17.5 Å². The van der Waals surface area contributed by atoms with E-state index in [0.29, 0.717) is 16.7 Å². The summed E-state index contributed by atoms with van der Waals surface area (Å²) in [6, 6.07) is 0. The van der Waals surface area contributed by atoms with Gasteiger partial charge in [-0.15, -0.1) is 0 Å². The molecule has 7 atom stereocenters. The molecule has 0 aromatic rings. The van der Waals surface area contributed by atoms with Crippen molar-refractivity contribution in [2.45, 2.75) is 84.7 Å². The zero-order valence-electron chi connectivity index (χ0n) is 15.1. The fraction of sp³-hybridized carbons (Fsp3) is 0.900. The highest BCUT2D eigenvalue weighted by atomic mass is 16.8. The molecule has 0 aromatic carbocycles. The van der Waals surface area contributed by atoms with Crippen molar-refractivity contribution in [1.82, 2.24) is 0 Å². The Morgan fingerprint density at radius 2 is 1.73 bits per heavy atom. The molecule has 0 radical (unpaired) electrons. The van der Waals surface area contributed by atoms with Crippen molar-refractivity contribution >= 4 is 0 Å². The first-order chi connectivity index (χ1) is 10.2. The summed E-state index contributed by atoms with van der Waals surface area (Å²) in [6.07, 6.45) is 9.73. The Bertz CT molecular complexity index is 524. The number of hydrogen-bond donors (Lipinski definition) is 0. The van der Waals surface area contributed by atoms with Gasteiger partial charge in [0.15, 0.2) is 5.79 Å². The first-order valence-electron chi connectivity index (χ1n) is 9.20. The van der Waals surface area contributed by atoms with E-state index in [0.717, 1.165) is 11.8 Å². The van der Waals surface area contributed by atoms with E-state index in [9.17, 15) is 0 Å². The van der Waals surface area contributed by atoms with Gasteiger partial charge in [0.2, 0.25) is 0 Å². The van der Waals surface area contributed by atoms with Gasteiger partial charge in [0.1, 0.15) is 0 Å². The van der Waals surface area contributed by atoms with E-state index in [1.807, 2.05) is 6.92 Å². The van der Waals surface area contributed by atoms with Gasteiger partial charge in [0.05, 0.1) is 11.7 Å². The maximum absolute atomic E-state index is 6.63. The molecule has 1 aliphatic heterocycles. The lowest BCUT2D eigenvalue weighted by Gasteiger charge is -2.47. The Balaban J connectivity index is 1.78. The summed E-state index contributed by atoms with van der Waals surface area (Å²) < 4.78 is 13.1. The molecular formula is C20H32O2. The van der Waals surface area contributed by atoms with E-state index in [-0.39, 0.29) is 11.7 Å². The molecule has 3 aliphatic carbocycles. The van der Waals surface area contributed by atoms with Crippen LogP contribution in [0.15, 0.2) is 12.2 Å². The zero-order valence-corrected chi connectivity index (χ0v) is 15.1. The summed E-state index contributed by atoms with van der Waals surface area (Å²) in [5, 5.41) is 0. The lowest BCUT2D eigenvalue weighted by molar-refractivity contribution is -0.158. The first kappa shape index (κ1) is 15.2. The molecule has 2 bridgehead atoms.